The fourth-order valence-electron chi connectivity index (χ4n) is 2.72. The van der Waals surface area contributed by atoms with Crippen LogP contribution in [0.5, 0.6) is 0 Å². The number of hydrogen-bond acceptors (Lipinski definition) is 4. The Labute approximate surface area is 166 Å². The summed E-state index contributed by atoms with van der Waals surface area (Å²) < 4.78 is 3.73. The number of aliphatic imine (C=N–C) groups is 1. The smallest absolute Gasteiger partial charge is 0.191 e. The van der Waals surface area contributed by atoms with Gasteiger partial charge in [-0.25, -0.2) is 9.98 Å². The Balaban J connectivity index is 0.00000312. The largest absolute Gasteiger partial charge is 0.357 e. The van der Waals surface area contributed by atoms with E-state index in [1.54, 1.807) is 11.0 Å². The third-order valence-electron chi connectivity index (χ3n) is 3.99. The quantitative estimate of drug-likeness (QED) is 0.372. The minimum absolute atomic E-state index is 0. The van der Waals surface area contributed by atoms with Gasteiger partial charge in [-0.3, -0.25) is 9.36 Å². The van der Waals surface area contributed by atoms with E-state index in [1.165, 1.54) is 11.3 Å². The molecule has 0 unspecified atom stereocenters. The molecule has 2 aromatic heterocycles. The van der Waals surface area contributed by atoms with E-state index in [0.717, 1.165) is 36.9 Å². The number of guanidine groups is 1. The van der Waals surface area contributed by atoms with Gasteiger partial charge in [0.1, 0.15) is 12.2 Å². The van der Waals surface area contributed by atoms with Crippen LogP contribution in [-0.2, 0) is 40.0 Å². The van der Waals surface area contributed by atoms with Crippen molar-refractivity contribution in [2.45, 2.75) is 46.7 Å². The number of aromatic nitrogens is 5. The lowest BCUT2D eigenvalue weighted by Crippen LogP contribution is -2.37. The molecule has 0 radical (unpaired) electrons. The Morgan fingerprint density at radius 3 is 2.44 bits per heavy atom. The molecule has 0 saturated carbocycles. The highest BCUT2D eigenvalue weighted by molar-refractivity contribution is 14.0. The van der Waals surface area contributed by atoms with Crippen molar-refractivity contribution in [2.24, 2.45) is 19.1 Å². The summed E-state index contributed by atoms with van der Waals surface area (Å²) in [6.45, 7) is 8.34. The summed E-state index contributed by atoms with van der Waals surface area (Å²) in [6, 6.07) is 0. The maximum atomic E-state index is 4.73. The molecule has 2 heterocycles. The Bertz CT molecular complexity index is 688. The molecular weight excluding hydrogens is 431 g/mol. The second-order valence-electron chi connectivity index (χ2n) is 5.55. The van der Waals surface area contributed by atoms with Gasteiger partial charge in [0.05, 0.1) is 18.8 Å². The van der Waals surface area contributed by atoms with E-state index in [-0.39, 0.29) is 24.0 Å². The van der Waals surface area contributed by atoms with Crippen molar-refractivity contribution < 1.29 is 0 Å². The lowest BCUT2D eigenvalue weighted by atomic mass is 10.1. The summed E-state index contributed by atoms with van der Waals surface area (Å²) in [7, 11) is 3.88. The molecule has 8 nitrogen and oxygen atoms in total. The van der Waals surface area contributed by atoms with E-state index in [4.69, 9.17) is 4.99 Å². The average Bonchev–Trinajstić information content (AvgIpc) is 3.12. The lowest BCUT2D eigenvalue weighted by Gasteiger charge is -2.11. The van der Waals surface area contributed by atoms with Crippen molar-refractivity contribution in [1.29, 1.82) is 0 Å². The zero-order chi connectivity index (χ0) is 17.5. The third kappa shape index (κ3) is 5.41. The standard InChI is InChI=1S/C16H28N8.HI/c1-6-13-12(14(7-2)23(4)22-13)9-18-16(17-8-3)19-10-15-20-11-21-24(15)5;/h11H,6-10H2,1-5H3,(H2,17,18,19);1H. The van der Waals surface area contributed by atoms with Gasteiger partial charge in [-0.2, -0.15) is 10.2 Å². The van der Waals surface area contributed by atoms with E-state index in [0.29, 0.717) is 13.1 Å². The Morgan fingerprint density at radius 1 is 1.12 bits per heavy atom. The van der Waals surface area contributed by atoms with Crippen LogP contribution in [0.1, 0.15) is 43.5 Å². The first-order chi connectivity index (χ1) is 11.6. The zero-order valence-electron chi connectivity index (χ0n) is 15.7. The van der Waals surface area contributed by atoms with Crippen molar-refractivity contribution in [3.8, 4) is 0 Å². The number of nitrogens with one attached hydrogen (secondary N) is 2. The van der Waals surface area contributed by atoms with Crippen molar-refractivity contribution >= 4 is 29.9 Å². The van der Waals surface area contributed by atoms with E-state index >= 15 is 0 Å². The van der Waals surface area contributed by atoms with Gasteiger partial charge in [0, 0.05) is 31.9 Å². The first-order valence-electron chi connectivity index (χ1n) is 8.49. The molecule has 0 bridgehead atoms. The molecule has 140 valence electrons. The van der Waals surface area contributed by atoms with Crippen LogP contribution in [-0.4, -0.2) is 37.0 Å². The molecule has 25 heavy (non-hydrogen) atoms. The first-order valence-corrected chi connectivity index (χ1v) is 8.49. The van der Waals surface area contributed by atoms with Crippen LogP contribution in [0.4, 0.5) is 0 Å². The van der Waals surface area contributed by atoms with E-state index < -0.39 is 0 Å². The van der Waals surface area contributed by atoms with E-state index in [1.807, 2.05) is 18.8 Å². The summed E-state index contributed by atoms with van der Waals surface area (Å²) in [5.41, 5.74) is 3.61. The highest BCUT2D eigenvalue weighted by Gasteiger charge is 2.13. The Morgan fingerprint density at radius 2 is 1.88 bits per heavy atom. The molecule has 0 aromatic carbocycles. The Kier molecular flexibility index (Phi) is 8.87. The number of rotatable bonds is 7. The average molecular weight is 460 g/mol. The van der Waals surface area contributed by atoms with Crippen LogP contribution in [0.15, 0.2) is 11.3 Å². The molecule has 9 heteroatoms. The fourth-order valence-corrected chi connectivity index (χ4v) is 2.72. The summed E-state index contributed by atoms with van der Waals surface area (Å²) in [6.07, 6.45) is 3.43. The summed E-state index contributed by atoms with van der Waals surface area (Å²) in [4.78, 5) is 8.94. The van der Waals surface area contributed by atoms with Crippen LogP contribution in [0, 0.1) is 0 Å². The van der Waals surface area contributed by atoms with E-state index in [2.05, 4.69) is 46.6 Å². The molecule has 0 aliphatic heterocycles. The summed E-state index contributed by atoms with van der Waals surface area (Å²) in [5.74, 6) is 1.64. The molecule has 0 spiro atoms. The fraction of sp³-hybridized carbons (Fsp3) is 0.625. The SMILES string of the molecule is CCNC(=NCc1c(CC)nn(C)c1CC)NCc1ncnn1C.I. The van der Waals surface area contributed by atoms with Gasteiger partial charge in [-0.1, -0.05) is 13.8 Å². The van der Waals surface area contributed by atoms with Crippen molar-refractivity contribution in [2.75, 3.05) is 6.54 Å². The molecule has 0 saturated heterocycles. The normalized spacial score (nSPS) is 11.3. The topological polar surface area (TPSA) is 84.9 Å². The minimum Gasteiger partial charge on any atom is -0.357 e. The second-order valence-corrected chi connectivity index (χ2v) is 5.55. The van der Waals surface area contributed by atoms with Gasteiger partial charge in [0.15, 0.2) is 5.96 Å². The number of hydrogen-bond donors (Lipinski definition) is 2. The molecule has 2 N–H and O–H groups in total. The highest BCUT2D eigenvalue weighted by atomic mass is 127. The van der Waals surface area contributed by atoms with Gasteiger partial charge < -0.3 is 10.6 Å². The van der Waals surface area contributed by atoms with Gasteiger partial charge in [0.25, 0.3) is 0 Å². The van der Waals surface area contributed by atoms with Gasteiger partial charge in [-0.05, 0) is 19.8 Å². The predicted molar refractivity (Wildman–Crippen MR) is 110 cm³/mol. The molecular formula is C16H29IN8. The first kappa shape index (κ1) is 21.4. The minimum atomic E-state index is 0. The summed E-state index contributed by atoms with van der Waals surface area (Å²) >= 11 is 0. The van der Waals surface area contributed by atoms with Gasteiger partial charge >= 0.3 is 0 Å². The zero-order valence-corrected chi connectivity index (χ0v) is 18.0. The van der Waals surface area contributed by atoms with Crippen LogP contribution in [0.25, 0.3) is 0 Å². The molecule has 0 aliphatic rings. The number of aryl methyl sites for hydroxylation is 3. The molecule has 0 aliphatic carbocycles. The predicted octanol–water partition coefficient (Wildman–Crippen LogP) is 1.55. The van der Waals surface area contributed by atoms with Crippen molar-refractivity contribution in [3.63, 3.8) is 0 Å². The summed E-state index contributed by atoms with van der Waals surface area (Å²) in [5, 5.41) is 15.3. The van der Waals surface area contributed by atoms with Gasteiger partial charge in [0.2, 0.25) is 0 Å². The second kappa shape index (κ2) is 10.4. The maximum absolute atomic E-state index is 4.73. The van der Waals surface area contributed by atoms with Crippen LogP contribution >= 0.6 is 24.0 Å². The van der Waals surface area contributed by atoms with Gasteiger partial charge in [-0.15, -0.1) is 24.0 Å². The molecule has 2 rings (SSSR count). The number of nitrogens with zero attached hydrogens (tertiary/aromatic N) is 6. The molecule has 0 atom stereocenters. The highest BCUT2D eigenvalue weighted by Crippen LogP contribution is 2.16. The maximum Gasteiger partial charge on any atom is 0.191 e. The van der Waals surface area contributed by atoms with Crippen molar-refractivity contribution in [3.05, 3.63) is 29.1 Å². The molecule has 2 aromatic rings. The van der Waals surface area contributed by atoms with Crippen LogP contribution < -0.4 is 10.6 Å². The van der Waals surface area contributed by atoms with Crippen molar-refractivity contribution in [1.82, 2.24) is 35.2 Å². The lowest BCUT2D eigenvalue weighted by molar-refractivity contribution is 0.672. The molecule has 0 amide bonds. The van der Waals surface area contributed by atoms with Crippen LogP contribution in [0.3, 0.4) is 0 Å². The third-order valence-corrected chi connectivity index (χ3v) is 3.99. The molecule has 0 fully saturated rings. The monoisotopic (exact) mass is 460 g/mol. The Hall–Kier alpha value is -1.65. The van der Waals surface area contributed by atoms with Crippen LogP contribution in [0.2, 0.25) is 0 Å². The number of halogens is 1. The van der Waals surface area contributed by atoms with E-state index in [9.17, 15) is 0 Å².